The number of hydrogen-bond donors (Lipinski definition) is 2. The minimum absolute atomic E-state index is 0.0934. The molecule has 3 aliphatic heterocycles. The van der Waals surface area contributed by atoms with Gasteiger partial charge in [-0.1, -0.05) is 55.7 Å². The van der Waals surface area contributed by atoms with Gasteiger partial charge in [-0.25, -0.2) is 0 Å². The Bertz CT molecular complexity index is 1490. The quantitative estimate of drug-likeness (QED) is 0.352. The van der Waals surface area contributed by atoms with Crippen molar-refractivity contribution in [2.75, 3.05) is 5.32 Å². The van der Waals surface area contributed by atoms with E-state index in [0.717, 1.165) is 36.3 Å². The Hall–Kier alpha value is -3.95. The van der Waals surface area contributed by atoms with Gasteiger partial charge in [-0.05, 0) is 60.7 Å². The second-order valence-corrected chi connectivity index (χ2v) is 12.6. The molecule has 4 aliphatic rings. The van der Waals surface area contributed by atoms with Crippen LogP contribution in [0.5, 0.6) is 11.5 Å². The van der Waals surface area contributed by atoms with Crippen molar-refractivity contribution in [2.45, 2.75) is 62.4 Å². The van der Waals surface area contributed by atoms with Crippen LogP contribution < -0.4 is 15.4 Å². The lowest BCUT2D eigenvalue weighted by Gasteiger charge is -2.34. The van der Waals surface area contributed by atoms with Crippen molar-refractivity contribution in [3.63, 3.8) is 0 Å². The first-order chi connectivity index (χ1) is 20.5. The standard InChI is InChI=1S/C33H33N3O5S/c37-30(34-22-13-15-24(16-14-22)40-23-10-5-2-6-11-23)27-26-17-18-33(41-26)28(27)32(39)36(20-25-12-7-19-42-25)29(33)31(38)35-21-8-3-1-4-9-21/h2,5-7,10-19,21,26-29H,1,3-4,8-9,20H2,(H,34,37)(H,35,38)/t26-,27-,28-,29-,33-/m1/s1. The Morgan fingerprint density at radius 2 is 1.71 bits per heavy atom. The Kier molecular flexibility index (Phi) is 7.07. The minimum Gasteiger partial charge on any atom is -0.457 e. The van der Waals surface area contributed by atoms with Gasteiger partial charge in [0.2, 0.25) is 17.7 Å². The molecule has 1 aromatic heterocycles. The number of fused-ring (bicyclic) bond motifs is 1. The highest BCUT2D eigenvalue weighted by atomic mass is 32.1. The van der Waals surface area contributed by atoms with Gasteiger partial charge in [0.25, 0.3) is 0 Å². The van der Waals surface area contributed by atoms with Crippen molar-refractivity contribution in [3.8, 4) is 11.5 Å². The lowest BCUT2D eigenvalue weighted by molar-refractivity contribution is -0.142. The molecule has 1 aliphatic carbocycles. The van der Waals surface area contributed by atoms with Gasteiger partial charge in [-0.2, -0.15) is 0 Å². The van der Waals surface area contributed by atoms with Gasteiger partial charge in [0.05, 0.1) is 24.5 Å². The third-order valence-corrected chi connectivity index (χ3v) is 9.74. The molecule has 7 rings (SSSR count). The zero-order chi connectivity index (χ0) is 28.7. The summed E-state index contributed by atoms with van der Waals surface area (Å²) in [6.07, 6.45) is 8.36. The summed E-state index contributed by atoms with van der Waals surface area (Å²) in [7, 11) is 0. The lowest BCUT2D eigenvalue weighted by Crippen LogP contribution is -2.56. The SMILES string of the molecule is O=C(Nc1ccc(Oc2ccccc2)cc1)[C@@H]1[C@H]2C=C[C@@]3(O2)[C@H]1C(=O)N(Cc1cccs1)[C@@H]3C(=O)NC1CCCCC1. The Balaban J connectivity index is 1.12. The molecule has 3 fully saturated rings. The monoisotopic (exact) mass is 583 g/mol. The molecule has 216 valence electrons. The summed E-state index contributed by atoms with van der Waals surface area (Å²) in [5.74, 6) is -0.881. The molecular formula is C33H33N3O5S. The van der Waals surface area contributed by atoms with Crippen molar-refractivity contribution in [1.29, 1.82) is 0 Å². The highest BCUT2D eigenvalue weighted by Crippen LogP contribution is 2.55. The predicted octanol–water partition coefficient (Wildman–Crippen LogP) is 5.28. The first-order valence-corrected chi connectivity index (χ1v) is 15.5. The number of ether oxygens (including phenoxy) is 2. The van der Waals surface area contributed by atoms with Gasteiger partial charge in [0, 0.05) is 16.6 Å². The van der Waals surface area contributed by atoms with Crippen LogP contribution >= 0.6 is 11.3 Å². The number of anilines is 1. The van der Waals surface area contributed by atoms with Crippen LogP contribution in [0.2, 0.25) is 0 Å². The first kappa shape index (κ1) is 26.9. The van der Waals surface area contributed by atoms with Gasteiger partial charge in [0.15, 0.2) is 0 Å². The van der Waals surface area contributed by atoms with E-state index in [1.165, 1.54) is 6.42 Å². The normalized spacial score (nSPS) is 28.1. The summed E-state index contributed by atoms with van der Waals surface area (Å²) in [5, 5.41) is 8.17. The Morgan fingerprint density at radius 1 is 0.952 bits per heavy atom. The number of nitrogens with one attached hydrogen (secondary N) is 2. The first-order valence-electron chi connectivity index (χ1n) is 14.7. The second-order valence-electron chi connectivity index (χ2n) is 11.5. The average molecular weight is 584 g/mol. The van der Waals surface area contributed by atoms with Crippen molar-refractivity contribution in [2.24, 2.45) is 11.8 Å². The van der Waals surface area contributed by atoms with E-state index in [-0.39, 0.29) is 23.8 Å². The van der Waals surface area contributed by atoms with Gasteiger partial charge in [-0.3, -0.25) is 14.4 Å². The lowest BCUT2D eigenvalue weighted by atomic mass is 9.74. The maximum atomic E-state index is 14.1. The second kappa shape index (κ2) is 11.0. The summed E-state index contributed by atoms with van der Waals surface area (Å²) < 4.78 is 12.3. The molecule has 2 N–H and O–H groups in total. The van der Waals surface area contributed by atoms with Gasteiger partial charge >= 0.3 is 0 Å². The van der Waals surface area contributed by atoms with Crippen molar-refractivity contribution in [3.05, 3.63) is 89.1 Å². The molecule has 5 atom stereocenters. The van der Waals surface area contributed by atoms with Gasteiger partial charge < -0.3 is 25.0 Å². The molecule has 8 nitrogen and oxygen atoms in total. The molecule has 2 aromatic carbocycles. The van der Waals surface area contributed by atoms with Crippen LogP contribution in [0.4, 0.5) is 5.69 Å². The zero-order valence-corrected chi connectivity index (χ0v) is 23.9. The van der Waals surface area contributed by atoms with E-state index >= 15 is 0 Å². The van der Waals surface area contributed by atoms with Crippen LogP contribution in [0.25, 0.3) is 0 Å². The fourth-order valence-electron chi connectivity index (χ4n) is 6.99. The summed E-state index contributed by atoms with van der Waals surface area (Å²) in [4.78, 5) is 44.4. The molecular weight excluding hydrogens is 550 g/mol. The molecule has 4 heterocycles. The van der Waals surface area contributed by atoms with E-state index < -0.39 is 29.6 Å². The molecule has 3 aromatic rings. The molecule has 1 saturated carbocycles. The molecule has 42 heavy (non-hydrogen) atoms. The third-order valence-electron chi connectivity index (χ3n) is 8.88. The number of hydrogen-bond acceptors (Lipinski definition) is 6. The number of rotatable bonds is 8. The number of amides is 3. The largest absolute Gasteiger partial charge is 0.457 e. The summed E-state index contributed by atoms with van der Waals surface area (Å²) >= 11 is 1.54. The van der Waals surface area contributed by atoms with Crippen molar-refractivity contribution < 1.29 is 23.9 Å². The fraction of sp³-hybridized carbons (Fsp3) is 0.364. The predicted molar refractivity (Wildman–Crippen MR) is 159 cm³/mol. The van der Waals surface area contributed by atoms with Crippen LogP contribution in [0.3, 0.4) is 0 Å². The number of para-hydroxylation sites is 1. The topological polar surface area (TPSA) is 97.0 Å². The van der Waals surface area contributed by atoms with Gasteiger partial charge in [0.1, 0.15) is 23.1 Å². The third kappa shape index (κ3) is 4.80. The van der Waals surface area contributed by atoms with Crippen LogP contribution in [0, 0.1) is 11.8 Å². The molecule has 3 amide bonds. The summed E-state index contributed by atoms with van der Waals surface area (Å²) in [6, 6.07) is 19.7. The number of carbonyl (C=O) groups is 3. The van der Waals surface area contributed by atoms with Crippen molar-refractivity contribution >= 4 is 34.7 Å². The molecule has 1 spiro atoms. The number of likely N-dealkylation sites (tertiary alicyclic amines) is 1. The van der Waals surface area contributed by atoms with Crippen LogP contribution in [0.1, 0.15) is 37.0 Å². The zero-order valence-electron chi connectivity index (χ0n) is 23.1. The Morgan fingerprint density at radius 3 is 2.45 bits per heavy atom. The fourth-order valence-corrected chi connectivity index (χ4v) is 7.69. The molecule has 0 radical (unpaired) electrons. The highest BCUT2D eigenvalue weighted by molar-refractivity contribution is 7.09. The van der Waals surface area contributed by atoms with Crippen LogP contribution in [-0.4, -0.2) is 46.4 Å². The van der Waals surface area contributed by atoms with E-state index in [2.05, 4.69) is 10.6 Å². The van der Waals surface area contributed by atoms with Crippen LogP contribution in [-0.2, 0) is 25.7 Å². The number of nitrogens with zero attached hydrogens (tertiary/aromatic N) is 1. The minimum atomic E-state index is -1.17. The van der Waals surface area contributed by atoms with Crippen LogP contribution in [0.15, 0.2) is 84.3 Å². The molecule has 0 unspecified atom stereocenters. The maximum absolute atomic E-state index is 14.1. The Labute approximate surface area is 248 Å². The van der Waals surface area contributed by atoms with E-state index in [4.69, 9.17) is 9.47 Å². The van der Waals surface area contributed by atoms with Gasteiger partial charge in [-0.15, -0.1) is 11.3 Å². The van der Waals surface area contributed by atoms with E-state index in [1.54, 1.807) is 40.5 Å². The number of benzene rings is 2. The highest BCUT2D eigenvalue weighted by Gasteiger charge is 2.72. The van der Waals surface area contributed by atoms with E-state index in [1.807, 2.05) is 60.0 Å². The summed E-state index contributed by atoms with van der Waals surface area (Å²) in [5.41, 5.74) is -0.582. The molecule has 9 heteroatoms. The number of thiophene rings is 1. The van der Waals surface area contributed by atoms with E-state index in [9.17, 15) is 14.4 Å². The molecule has 2 saturated heterocycles. The number of carbonyl (C=O) groups excluding carboxylic acids is 3. The smallest absolute Gasteiger partial charge is 0.246 e. The maximum Gasteiger partial charge on any atom is 0.246 e. The summed E-state index contributed by atoms with van der Waals surface area (Å²) in [6.45, 7) is 0.302. The average Bonchev–Trinajstić information content (AvgIpc) is 3.78. The van der Waals surface area contributed by atoms with Crippen molar-refractivity contribution in [1.82, 2.24) is 10.2 Å². The van der Waals surface area contributed by atoms with E-state index in [0.29, 0.717) is 18.0 Å². The molecule has 2 bridgehead atoms.